The van der Waals surface area contributed by atoms with Gasteiger partial charge in [-0.15, -0.1) is 0 Å². The van der Waals surface area contributed by atoms with Crippen molar-refractivity contribution in [3.63, 3.8) is 0 Å². The van der Waals surface area contributed by atoms with Crippen LogP contribution in [0.25, 0.3) is 0 Å². The molecule has 1 fully saturated rings. The lowest BCUT2D eigenvalue weighted by Crippen LogP contribution is -2.13. The summed E-state index contributed by atoms with van der Waals surface area (Å²) in [5.74, 6) is 7.78. The van der Waals surface area contributed by atoms with Gasteiger partial charge in [-0.2, -0.15) is 0 Å². The Morgan fingerprint density at radius 3 is 2.21 bits per heavy atom. The molecule has 0 N–H and O–H groups in total. The van der Waals surface area contributed by atoms with Crippen LogP contribution in [0, 0.1) is 23.6 Å². The van der Waals surface area contributed by atoms with Gasteiger partial charge in [0, 0.05) is 11.1 Å². The van der Waals surface area contributed by atoms with Crippen molar-refractivity contribution in [2.75, 3.05) is 6.61 Å². The van der Waals surface area contributed by atoms with E-state index in [4.69, 9.17) is 4.74 Å². The standard InChI is InChI=1S/C26H31FO/c1-3-5-20-8-13-23(14-9-20)24-15-10-21(11-16-24)6-7-22-12-17-26(25(27)19-22)28-18-4-2/h10-12,15-17,19-20,23H,3-5,8-9,13-14,18H2,1-2H3. The maximum Gasteiger partial charge on any atom is 0.166 e. The lowest BCUT2D eigenvalue weighted by Gasteiger charge is -2.28. The number of halogens is 1. The number of ether oxygens (including phenoxy) is 1. The molecule has 0 heterocycles. The third-order valence-corrected chi connectivity index (χ3v) is 5.67. The lowest BCUT2D eigenvalue weighted by atomic mass is 9.77. The van der Waals surface area contributed by atoms with Crippen molar-refractivity contribution in [2.24, 2.45) is 5.92 Å². The Hall–Kier alpha value is -2.27. The Balaban J connectivity index is 1.60. The molecule has 0 spiro atoms. The van der Waals surface area contributed by atoms with E-state index in [2.05, 4.69) is 43.0 Å². The van der Waals surface area contributed by atoms with E-state index in [1.54, 1.807) is 6.07 Å². The monoisotopic (exact) mass is 378 g/mol. The summed E-state index contributed by atoms with van der Waals surface area (Å²) in [4.78, 5) is 0. The van der Waals surface area contributed by atoms with E-state index in [9.17, 15) is 4.39 Å². The average molecular weight is 379 g/mol. The molecule has 3 rings (SSSR count). The molecule has 0 amide bonds. The van der Waals surface area contributed by atoms with Crippen molar-refractivity contribution >= 4 is 0 Å². The van der Waals surface area contributed by atoms with E-state index in [1.165, 1.54) is 50.2 Å². The van der Waals surface area contributed by atoms with Crippen molar-refractivity contribution in [3.05, 3.63) is 65.0 Å². The maximum absolute atomic E-state index is 14.0. The Morgan fingerprint density at radius 2 is 1.57 bits per heavy atom. The highest BCUT2D eigenvalue weighted by atomic mass is 19.1. The van der Waals surface area contributed by atoms with Crippen molar-refractivity contribution in [1.82, 2.24) is 0 Å². The summed E-state index contributed by atoms with van der Waals surface area (Å²) in [5.41, 5.74) is 3.07. The summed E-state index contributed by atoms with van der Waals surface area (Å²) in [6, 6.07) is 13.5. The summed E-state index contributed by atoms with van der Waals surface area (Å²) in [6.45, 7) is 4.81. The lowest BCUT2D eigenvalue weighted by molar-refractivity contribution is 0.301. The van der Waals surface area contributed by atoms with E-state index in [1.807, 2.05) is 13.0 Å². The SMILES string of the molecule is CCCOc1ccc(C#Cc2ccc(C3CCC(CCC)CC3)cc2)cc1F. The Bertz CT molecular complexity index is 805. The van der Waals surface area contributed by atoms with Gasteiger partial charge in [-0.25, -0.2) is 4.39 Å². The molecule has 0 aliphatic heterocycles. The number of benzene rings is 2. The van der Waals surface area contributed by atoms with Crippen LogP contribution in [-0.4, -0.2) is 6.61 Å². The number of hydrogen-bond acceptors (Lipinski definition) is 1. The van der Waals surface area contributed by atoms with Gasteiger partial charge in [0.25, 0.3) is 0 Å². The van der Waals surface area contributed by atoms with Crippen LogP contribution in [-0.2, 0) is 0 Å². The maximum atomic E-state index is 14.0. The normalized spacial score (nSPS) is 19.0. The molecule has 0 unspecified atom stereocenters. The molecular formula is C26H31FO. The largest absolute Gasteiger partial charge is 0.491 e. The van der Waals surface area contributed by atoms with Crippen molar-refractivity contribution in [3.8, 4) is 17.6 Å². The van der Waals surface area contributed by atoms with Crippen LogP contribution in [0.5, 0.6) is 5.75 Å². The molecule has 0 radical (unpaired) electrons. The third-order valence-electron chi connectivity index (χ3n) is 5.67. The zero-order valence-corrected chi connectivity index (χ0v) is 17.1. The minimum absolute atomic E-state index is 0.297. The molecule has 28 heavy (non-hydrogen) atoms. The fourth-order valence-electron chi connectivity index (χ4n) is 4.08. The summed E-state index contributed by atoms with van der Waals surface area (Å²) in [6.07, 6.45) is 8.89. The quantitative estimate of drug-likeness (QED) is 0.488. The van der Waals surface area contributed by atoms with Crippen LogP contribution in [0.2, 0.25) is 0 Å². The van der Waals surface area contributed by atoms with Gasteiger partial charge in [-0.1, -0.05) is 50.7 Å². The van der Waals surface area contributed by atoms with Crippen LogP contribution >= 0.6 is 0 Å². The second kappa shape index (κ2) is 10.3. The fourth-order valence-corrected chi connectivity index (χ4v) is 4.08. The predicted molar refractivity (Wildman–Crippen MR) is 114 cm³/mol. The summed E-state index contributed by atoms with van der Waals surface area (Å²) in [5, 5.41) is 0. The molecular weight excluding hydrogens is 347 g/mol. The molecule has 1 saturated carbocycles. The summed E-state index contributed by atoms with van der Waals surface area (Å²) >= 11 is 0. The molecule has 1 nitrogen and oxygen atoms in total. The van der Waals surface area contributed by atoms with Crippen LogP contribution in [0.1, 0.15) is 81.4 Å². The smallest absolute Gasteiger partial charge is 0.166 e. The first kappa shape index (κ1) is 20.5. The summed E-state index contributed by atoms with van der Waals surface area (Å²) in [7, 11) is 0. The van der Waals surface area contributed by atoms with E-state index in [-0.39, 0.29) is 5.82 Å². The molecule has 0 atom stereocenters. The molecule has 148 valence electrons. The first-order valence-corrected chi connectivity index (χ1v) is 10.7. The first-order chi connectivity index (χ1) is 13.7. The zero-order chi connectivity index (χ0) is 19.8. The van der Waals surface area contributed by atoms with Crippen LogP contribution in [0.4, 0.5) is 4.39 Å². The topological polar surface area (TPSA) is 9.23 Å². The van der Waals surface area contributed by atoms with Gasteiger partial charge in [0.15, 0.2) is 11.6 Å². The molecule has 0 aromatic heterocycles. The van der Waals surface area contributed by atoms with Gasteiger partial charge in [0.1, 0.15) is 0 Å². The third kappa shape index (κ3) is 5.61. The van der Waals surface area contributed by atoms with E-state index >= 15 is 0 Å². The second-order valence-corrected chi connectivity index (χ2v) is 7.87. The van der Waals surface area contributed by atoms with E-state index in [0.29, 0.717) is 23.8 Å². The van der Waals surface area contributed by atoms with E-state index < -0.39 is 0 Å². The summed E-state index contributed by atoms with van der Waals surface area (Å²) < 4.78 is 19.4. The van der Waals surface area contributed by atoms with E-state index in [0.717, 1.165) is 17.9 Å². The van der Waals surface area contributed by atoms with Gasteiger partial charge >= 0.3 is 0 Å². The average Bonchev–Trinajstić information content (AvgIpc) is 2.73. The van der Waals surface area contributed by atoms with Crippen molar-refractivity contribution in [1.29, 1.82) is 0 Å². The highest BCUT2D eigenvalue weighted by molar-refractivity contribution is 5.45. The molecule has 2 aromatic carbocycles. The van der Waals surface area contributed by atoms with Gasteiger partial charge in [-0.3, -0.25) is 0 Å². The van der Waals surface area contributed by atoms with Gasteiger partial charge < -0.3 is 4.74 Å². The van der Waals surface area contributed by atoms with Crippen molar-refractivity contribution in [2.45, 2.75) is 64.7 Å². The highest BCUT2D eigenvalue weighted by Crippen LogP contribution is 2.37. The van der Waals surface area contributed by atoms with Gasteiger partial charge in [0.2, 0.25) is 0 Å². The second-order valence-electron chi connectivity index (χ2n) is 7.87. The zero-order valence-electron chi connectivity index (χ0n) is 17.1. The minimum atomic E-state index is -0.353. The van der Waals surface area contributed by atoms with Crippen LogP contribution in [0.15, 0.2) is 42.5 Å². The van der Waals surface area contributed by atoms with Crippen LogP contribution in [0.3, 0.4) is 0 Å². The first-order valence-electron chi connectivity index (χ1n) is 10.7. The number of rotatable bonds is 6. The minimum Gasteiger partial charge on any atom is -0.491 e. The fraction of sp³-hybridized carbons (Fsp3) is 0.462. The Morgan fingerprint density at radius 1 is 0.893 bits per heavy atom. The Kier molecular flexibility index (Phi) is 7.54. The number of hydrogen-bond donors (Lipinski definition) is 0. The van der Waals surface area contributed by atoms with Gasteiger partial charge in [-0.05, 0) is 79.8 Å². The highest BCUT2D eigenvalue weighted by Gasteiger charge is 2.21. The van der Waals surface area contributed by atoms with Crippen LogP contribution < -0.4 is 4.74 Å². The predicted octanol–water partition coefficient (Wildman–Crippen LogP) is 7.09. The molecule has 1 aliphatic rings. The van der Waals surface area contributed by atoms with Crippen molar-refractivity contribution < 1.29 is 9.13 Å². The van der Waals surface area contributed by atoms with Gasteiger partial charge in [0.05, 0.1) is 6.61 Å². The molecule has 1 aliphatic carbocycles. The molecule has 0 saturated heterocycles. The molecule has 2 heteroatoms. The molecule has 0 bridgehead atoms. The Labute approximate surface area is 169 Å². The molecule has 2 aromatic rings.